The molecule has 2 rings (SSSR count). The molecule has 2 aromatic rings. The van der Waals surface area contributed by atoms with Gasteiger partial charge in [-0.1, -0.05) is 0 Å². The summed E-state index contributed by atoms with van der Waals surface area (Å²) in [6.45, 7) is 4.91. The number of hydrogen-bond acceptors (Lipinski definition) is 4. The van der Waals surface area contributed by atoms with Crippen molar-refractivity contribution in [1.29, 1.82) is 0 Å². The predicted molar refractivity (Wildman–Crippen MR) is 83.1 cm³/mol. The van der Waals surface area contributed by atoms with Crippen LogP contribution in [-0.2, 0) is 13.1 Å². The lowest BCUT2D eigenvalue weighted by Gasteiger charge is -2.17. The number of ether oxygens (including phenoxy) is 1. The smallest absolute Gasteiger partial charge is 0.223 e. The number of rotatable bonds is 5. The van der Waals surface area contributed by atoms with E-state index in [2.05, 4.69) is 5.32 Å². The minimum absolute atomic E-state index is 0.191. The molecule has 0 radical (unpaired) electrons. The van der Waals surface area contributed by atoms with Crippen LogP contribution in [0.3, 0.4) is 0 Å². The van der Waals surface area contributed by atoms with Crippen molar-refractivity contribution < 1.29 is 9.84 Å². The fourth-order valence-corrected chi connectivity index (χ4v) is 2.33. The zero-order valence-corrected chi connectivity index (χ0v) is 12.5. The first-order valence-corrected chi connectivity index (χ1v) is 6.87. The van der Waals surface area contributed by atoms with Gasteiger partial charge in [-0.25, -0.2) is 0 Å². The monoisotopic (exact) mass is 288 g/mol. The molecule has 0 unspecified atom stereocenters. The molecule has 0 fully saturated rings. The first-order chi connectivity index (χ1) is 10.1. The predicted octanol–water partition coefficient (Wildman–Crippen LogP) is 2.50. The minimum atomic E-state index is -0.344. The van der Waals surface area contributed by atoms with Gasteiger partial charge in [0.25, 0.3) is 0 Å². The standard InChI is InChI=1S/C16H20N2O3/c1-4-18-11(2)9-15(19)16(20)14(18)10-17-12-5-7-13(21-3)8-6-12/h5-9,17,20H,4,10H2,1-3H3. The van der Waals surface area contributed by atoms with Crippen LogP contribution in [0.2, 0.25) is 0 Å². The summed E-state index contributed by atoms with van der Waals surface area (Å²) in [4.78, 5) is 11.7. The van der Waals surface area contributed by atoms with E-state index in [0.717, 1.165) is 17.1 Å². The Morgan fingerprint density at radius 3 is 2.52 bits per heavy atom. The number of nitrogens with one attached hydrogen (secondary N) is 1. The van der Waals surface area contributed by atoms with E-state index in [1.165, 1.54) is 6.07 Å². The summed E-state index contributed by atoms with van der Waals surface area (Å²) in [5, 5.41) is 13.2. The highest BCUT2D eigenvalue weighted by molar-refractivity contribution is 5.47. The number of aryl methyl sites for hydroxylation is 1. The topological polar surface area (TPSA) is 63.5 Å². The van der Waals surface area contributed by atoms with Crippen molar-refractivity contribution in [2.75, 3.05) is 12.4 Å². The van der Waals surface area contributed by atoms with Crippen LogP contribution in [-0.4, -0.2) is 16.8 Å². The van der Waals surface area contributed by atoms with Gasteiger partial charge in [0.1, 0.15) is 5.75 Å². The van der Waals surface area contributed by atoms with E-state index in [9.17, 15) is 9.90 Å². The van der Waals surface area contributed by atoms with Crippen LogP contribution >= 0.6 is 0 Å². The van der Waals surface area contributed by atoms with Crippen LogP contribution in [0, 0.1) is 6.92 Å². The summed E-state index contributed by atoms with van der Waals surface area (Å²) in [6.07, 6.45) is 0. The lowest BCUT2D eigenvalue weighted by molar-refractivity contribution is 0.415. The summed E-state index contributed by atoms with van der Waals surface area (Å²) in [5.41, 5.74) is 1.99. The number of benzene rings is 1. The second-order valence-corrected chi connectivity index (χ2v) is 4.77. The third-order valence-corrected chi connectivity index (χ3v) is 3.46. The van der Waals surface area contributed by atoms with Gasteiger partial charge in [-0.2, -0.15) is 0 Å². The van der Waals surface area contributed by atoms with Gasteiger partial charge in [0.2, 0.25) is 5.43 Å². The molecule has 2 N–H and O–H groups in total. The lowest BCUT2D eigenvalue weighted by Crippen LogP contribution is -2.18. The molecule has 0 bridgehead atoms. The van der Waals surface area contributed by atoms with E-state index in [1.54, 1.807) is 7.11 Å². The third-order valence-electron chi connectivity index (χ3n) is 3.46. The van der Waals surface area contributed by atoms with Gasteiger partial charge in [0.15, 0.2) is 5.75 Å². The second kappa shape index (κ2) is 6.35. The minimum Gasteiger partial charge on any atom is -0.503 e. The summed E-state index contributed by atoms with van der Waals surface area (Å²) in [5.74, 6) is 0.591. The molecule has 0 spiro atoms. The van der Waals surface area contributed by atoms with Crippen LogP contribution < -0.4 is 15.5 Å². The van der Waals surface area contributed by atoms with E-state index in [1.807, 2.05) is 42.7 Å². The Morgan fingerprint density at radius 2 is 1.95 bits per heavy atom. The molecule has 0 aliphatic rings. The maximum absolute atomic E-state index is 11.7. The molecule has 5 nitrogen and oxygen atoms in total. The molecule has 21 heavy (non-hydrogen) atoms. The second-order valence-electron chi connectivity index (χ2n) is 4.77. The molecule has 0 saturated carbocycles. The summed E-state index contributed by atoms with van der Waals surface area (Å²) >= 11 is 0. The zero-order valence-electron chi connectivity index (χ0n) is 12.5. The Bertz CT molecular complexity index is 675. The fourth-order valence-electron chi connectivity index (χ4n) is 2.33. The molecule has 5 heteroatoms. The highest BCUT2D eigenvalue weighted by atomic mass is 16.5. The Hall–Kier alpha value is -2.43. The largest absolute Gasteiger partial charge is 0.503 e. The van der Waals surface area contributed by atoms with Gasteiger partial charge in [0, 0.05) is 24.0 Å². The van der Waals surface area contributed by atoms with E-state index in [0.29, 0.717) is 18.8 Å². The Balaban J connectivity index is 2.24. The van der Waals surface area contributed by atoms with Crippen molar-refractivity contribution in [3.63, 3.8) is 0 Å². The van der Waals surface area contributed by atoms with Gasteiger partial charge in [-0.15, -0.1) is 0 Å². The van der Waals surface area contributed by atoms with Crippen molar-refractivity contribution in [3.8, 4) is 11.5 Å². The number of aromatic nitrogens is 1. The summed E-state index contributed by atoms with van der Waals surface area (Å²) in [7, 11) is 1.62. The molecule has 0 aliphatic carbocycles. The van der Waals surface area contributed by atoms with E-state index < -0.39 is 0 Å². The fraction of sp³-hybridized carbons (Fsp3) is 0.312. The molecule has 0 saturated heterocycles. The number of pyridine rings is 1. The first kappa shape index (κ1) is 15.0. The molecule has 1 aromatic carbocycles. The maximum atomic E-state index is 11.7. The number of nitrogens with zero attached hydrogens (tertiary/aromatic N) is 1. The van der Waals surface area contributed by atoms with Gasteiger partial charge < -0.3 is 19.7 Å². The number of methoxy groups -OCH3 is 1. The Labute approximate surface area is 123 Å². The number of hydrogen-bond donors (Lipinski definition) is 2. The highest BCUT2D eigenvalue weighted by Gasteiger charge is 2.11. The van der Waals surface area contributed by atoms with Gasteiger partial charge in [-0.05, 0) is 38.1 Å². The van der Waals surface area contributed by atoms with Crippen molar-refractivity contribution in [1.82, 2.24) is 4.57 Å². The SMILES string of the molecule is CCn1c(C)cc(=O)c(O)c1CNc1ccc(OC)cc1. The molecule has 0 atom stereocenters. The van der Waals surface area contributed by atoms with Crippen molar-refractivity contribution in [2.24, 2.45) is 0 Å². The van der Waals surface area contributed by atoms with Crippen molar-refractivity contribution >= 4 is 5.69 Å². The average molecular weight is 288 g/mol. The number of aromatic hydroxyl groups is 1. The van der Waals surface area contributed by atoms with Gasteiger partial charge in [0.05, 0.1) is 19.3 Å². The molecular weight excluding hydrogens is 268 g/mol. The molecule has 1 heterocycles. The average Bonchev–Trinajstić information content (AvgIpc) is 2.50. The van der Waals surface area contributed by atoms with E-state index >= 15 is 0 Å². The van der Waals surface area contributed by atoms with Crippen molar-refractivity contribution in [2.45, 2.75) is 26.9 Å². The van der Waals surface area contributed by atoms with Gasteiger partial charge >= 0.3 is 0 Å². The van der Waals surface area contributed by atoms with Gasteiger partial charge in [-0.3, -0.25) is 4.79 Å². The van der Waals surface area contributed by atoms with Crippen LogP contribution in [0.4, 0.5) is 5.69 Å². The van der Waals surface area contributed by atoms with Crippen molar-refractivity contribution in [3.05, 3.63) is 51.9 Å². The highest BCUT2D eigenvalue weighted by Crippen LogP contribution is 2.19. The Morgan fingerprint density at radius 1 is 1.29 bits per heavy atom. The maximum Gasteiger partial charge on any atom is 0.223 e. The molecule has 1 aromatic heterocycles. The molecular formula is C16H20N2O3. The summed E-state index contributed by atoms with van der Waals surface area (Å²) < 4.78 is 7.03. The normalized spacial score (nSPS) is 10.4. The van der Waals surface area contributed by atoms with Crippen LogP contribution in [0.1, 0.15) is 18.3 Å². The summed E-state index contributed by atoms with van der Waals surface area (Å²) in [6, 6.07) is 8.94. The van der Waals surface area contributed by atoms with E-state index in [4.69, 9.17) is 4.74 Å². The quantitative estimate of drug-likeness (QED) is 0.887. The lowest BCUT2D eigenvalue weighted by atomic mass is 10.2. The molecule has 0 aliphatic heterocycles. The molecule has 0 amide bonds. The van der Waals surface area contributed by atoms with Crippen LogP contribution in [0.15, 0.2) is 35.1 Å². The number of anilines is 1. The van der Waals surface area contributed by atoms with E-state index in [-0.39, 0.29) is 11.2 Å². The van der Waals surface area contributed by atoms with Crippen LogP contribution in [0.25, 0.3) is 0 Å². The Kier molecular flexibility index (Phi) is 4.52. The zero-order chi connectivity index (χ0) is 15.4. The third kappa shape index (κ3) is 3.18. The first-order valence-electron chi connectivity index (χ1n) is 6.87. The van der Waals surface area contributed by atoms with Crippen LogP contribution in [0.5, 0.6) is 11.5 Å². The molecule has 112 valence electrons.